The summed E-state index contributed by atoms with van der Waals surface area (Å²) in [5, 5.41) is 32.5. The first-order valence-electron chi connectivity index (χ1n) is 9.38. The van der Waals surface area contributed by atoms with Crippen molar-refractivity contribution >= 4 is 53.4 Å². The number of hydrogen-bond acceptors (Lipinski definition) is 12. The van der Waals surface area contributed by atoms with Gasteiger partial charge in [0.15, 0.2) is 0 Å². The molecular weight excluding hydrogens is 482 g/mol. The predicted molar refractivity (Wildman–Crippen MR) is 120 cm³/mol. The summed E-state index contributed by atoms with van der Waals surface area (Å²) in [5.74, 6) is -5.46. The molecule has 0 bridgehead atoms. The molecule has 0 fully saturated rings. The van der Waals surface area contributed by atoms with Crippen molar-refractivity contribution in [1.29, 1.82) is 0 Å². The Kier molecular flexibility index (Phi) is 14.4. The van der Waals surface area contributed by atoms with Crippen molar-refractivity contribution in [2.24, 2.45) is 5.73 Å². The van der Waals surface area contributed by atoms with E-state index in [1.807, 2.05) is 0 Å². The van der Waals surface area contributed by atoms with Crippen LogP contribution in [0.1, 0.15) is 13.8 Å². The van der Waals surface area contributed by atoms with Crippen LogP contribution in [0, 0.1) is 0 Å². The second-order valence-electron chi connectivity index (χ2n) is 5.96. The Morgan fingerprint density at radius 1 is 0.939 bits per heavy atom. The lowest BCUT2D eigenvalue weighted by Gasteiger charge is -2.22. The second kappa shape index (κ2) is 15.8. The predicted octanol–water partition coefficient (Wildman–Crippen LogP) is 0.326. The number of nitrogens with one attached hydrogen (secondary N) is 1. The van der Waals surface area contributed by atoms with Crippen LogP contribution in [0.4, 0.5) is 4.79 Å². The Hall–Kier alpha value is -2.91. The normalized spacial score (nSPS) is 13.5. The van der Waals surface area contributed by atoms with Gasteiger partial charge in [0.05, 0.1) is 19.3 Å². The maximum absolute atomic E-state index is 12.4. The number of rotatable bonds is 13. The molecule has 15 heteroatoms. The highest BCUT2D eigenvalue weighted by Gasteiger charge is 2.29. The zero-order valence-electron chi connectivity index (χ0n) is 18.2. The highest BCUT2D eigenvalue weighted by atomic mass is 32.2. The molecule has 2 unspecified atom stereocenters. The maximum atomic E-state index is 12.4. The molecule has 33 heavy (non-hydrogen) atoms. The maximum Gasteiger partial charge on any atom is 0.413 e. The first-order valence-corrected chi connectivity index (χ1v) is 11.5. The van der Waals surface area contributed by atoms with E-state index < -0.39 is 53.4 Å². The average molecular weight is 510 g/mol. The SMILES string of the molecule is CCOC(=O)C(O)=CSCC(N)C(=O)NC(CSC=C(O)C(=O)OCC)C(=O)N(C)C(=O)O. The van der Waals surface area contributed by atoms with Crippen LogP contribution in [-0.4, -0.2) is 93.9 Å². The van der Waals surface area contributed by atoms with Crippen molar-refractivity contribution in [3.63, 3.8) is 0 Å². The van der Waals surface area contributed by atoms with E-state index in [1.165, 1.54) is 0 Å². The number of aliphatic hydroxyl groups excluding tert-OH is 2. The van der Waals surface area contributed by atoms with Crippen LogP contribution in [0.15, 0.2) is 22.3 Å². The number of carbonyl (C=O) groups is 5. The van der Waals surface area contributed by atoms with Crippen LogP contribution in [0.2, 0.25) is 0 Å². The lowest BCUT2D eigenvalue weighted by atomic mass is 10.2. The summed E-state index contributed by atoms with van der Waals surface area (Å²) in [5.41, 5.74) is 5.75. The van der Waals surface area contributed by atoms with Gasteiger partial charge in [-0.1, -0.05) is 0 Å². The van der Waals surface area contributed by atoms with Gasteiger partial charge in [0.1, 0.15) is 6.04 Å². The minimum absolute atomic E-state index is 0.0324. The molecule has 0 aromatic rings. The van der Waals surface area contributed by atoms with E-state index in [0.29, 0.717) is 4.90 Å². The number of likely N-dealkylation sites (N-methyl/N-ethyl adjacent to an activating group) is 1. The Morgan fingerprint density at radius 3 is 1.82 bits per heavy atom. The lowest BCUT2D eigenvalue weighted by Crippen LogP contribution is -2.54. The Bertz CT molecular complexity index is 787. The van der Waals surface area contributed by atoms with Gasteiger partial charge in [-0.3, -0.25) is 9.59 Å². The van der Waals surface area contributed by atoms with Crippen molar-refractivity contribution in [1.82, 2.24) is 10.2 Å². The fourth-order valence-electron chi connectivity index (χ4n) is 1.82. The first-order chi connectivity index (χ1) is 15.5. The Labute approximate surface area is 198 Å². The van der Waals surface area contributed by atoms with Crippen molar-refractivity contribution in [3.05, 3.63) is 22.3 Å². The third-order valence-corrected chi connectivity index (χ3v) is 5.32. The van der Waals surface area contributed by atoms with Crippen molar-refractivity contribution in [2.45, 2.75) is 25.9 Å². The molecule has 0 aromatic heterocycles. The molecule has 0 rings (SSSR count). The fraction of sp³-hybridized carbons (Fsp3) is 0.500. The number of thioether (sulfide) groups is 2. The van der Waals surface area contributed by atoms with E-state index in [4.69, 9.17) is 10.8 Å². The van der Waals surface area contributed by atoms with Crippen LogP contribution >= 0.6 is 23.5 Å². The fourth-order valence-corrected chi connectivity index (χ4v) is 3.30. The van der Waals surface area contributed by atoms with E-state index in [1.54, 1.807) is 13.8 Å². The highest BCUT2D eigenvalue weighted by molar-refractivity contribution is 8.02. The second-order valence-corrected chi connectivity index (χ2v) is 7.77. The summed E-state index contributed by atoms with van der Waals surface area (Å²) in [7, 11) is 0.985. The number of hydrogen-bond donors (Lipinski definition) is 5. The van der Waals surface area contributed by atoms with E-state index in [2.05, 4.69) is 14.8 Å². The number of esters is 2. The van der Waals surface area contributed by atoms with E-state index in [-0.39, 0.29) is 24.7 Å². The number of aliphatic hydroxyl groups is 2. The van der Waals surface area contributed by atoms with Crippen molar-refractivity contribution in [3.8, 4) is 0 Å². The van der Waals surface area contributed by atoms with Gasteiger partial charge in [-0.15, -0.1) is 23.5 Å². The molecule has 0 aliphatic carbocycles. The smallest absolute Gasteiger partial charge is 0.413 e. The van der Waals surface area contributed by atoms with Gasteiger partial charge in [0, 0.05) is 29.4 Å². The minimum Gasteiger partial charge on any atom is -0.501 e. The van der Waals surface area contributed by atoms with Gasteiger partial charge in [-0.25, -0.2) is 19.3 Å². The topological polar surface area (TPSA) is 206 Å². The molecule has 0 spiro atoms. The molecule has 0 radical (unpaired) electrons. The molecule has 0 aliphatic rings. The molecular formula is C18H27N3O10S2. The van der Waals surface area contributed by atoms with E-state index in [0.717, 1.165) is 41.4 Å². The molecule has 0 aliphatic heterocycles. The van der Waals surface area contributed by atoms with Crippen molar-refractivity contribution < 1.29 is 48.8 Å². The lowest BCUT2D eigenvalue weighted by molar-refractivity contribution is -0.142. The number of nitrogens with two attached hydrogens (primary N) is 1. The summed E-state index contributed by atoms with van der Waals surface area (Å²) >= 11 is 1.60. The molecule has 0 saturated heterocycles. The summed E-state index contributed by atoms with van der Waals surface area (Å²) in [6, 6.07) is -2.56. The molecule has 6 N–H and O–H groups in total. The van der Waals surface area contributed by atoms with Gasteiger partial charge in [0.2, 0.25) is 17.4 Å². The van der Waals surface area contributed by atoms with Gasteiger partial charge in [0.25, 0.3) is 5.91 Å². The molecule has 3 amide bonds. The van der Waals surface area contributed by atoms with Gasteiger partial charge < -0.3 is 35.8 Å². The van der Waals surface area contributed by atoms with Crippen LogP contribution in [0.25, 0.3) is 0 Å². The first kappa shape index (κ1) is 30.1. The summed E-state index contributed by atoms with van der Waals surface area (Å²) in [6.45, 7) is 3.20. The van der Waals surface area contributed by atoms with Crippen LogP contribution in [0.5, 0.6) is 0 Å². The molecule has 13 nitrogen and oxygen atoms in total. The molecule has 2 atom stereocenters. The van der Waals surface area contributed by atoms with Crippen LogP contribution < -0.4 is 11.1 Å². The quantitative estimate of drug-likeness (QED) is 0.129. The minimum atomic E-state index is -1.56. The zero-order valence-corrected chi connectivity index (χ0v) is 19.8. The summed E-state index contributed by atoms with van der Waals surface area (Å²) in [6.07, 6.45) is -1.56. The number of nitrogens with zero attached hydrogens (tertiary/aromatic N) is 1. The number of imide groups is 1. The number of carbonyl (C=O) groups excluding carboxylic acids is 4. The Morgan fingerprint density at radius 2 is 1.39 bits per heavy atom. The third kappa shape index (κ3) is 11.5. The van der Waals surface area contributed by atoms with E-state index in [9.17, 15) is 34.2 Å². The van der Waals surface area contributed by atoms with Crippen LogP contribution in [-0.2, 0) is 28.7 Å². The molecule has 0 saturated carbocycles. The van der Waals surface area contributed by atoms with Crippen molar-refractivity contribution in [2.75, 3.05) is 31.8 Å². The number of amides is 3. The van der Waals surface area contributed by atoms with Gasteiger partial charge >= 0.3 is 18.0 Å². The zero-order chi connectivity index (χ0) is 25.6. The number of carboxylic acid groups (broad SMARTS) is 1. The molecule has 0 aromatic carbocycles. The average Bonchev–Trinajstić information content (AvgIpc) is 2.76. The molecule has 0 heterocycles. The third-order valence-electron chi connectivity index (χ3n) is 3.47. The standard InChI is InChI=1S/C18H27N3O10S2/c1-4-30-16(26)12(22)8-32-6-10(19)14(24)20-11(15(25)21(3)18(28)29)7-33-9-13(23)17(27)31-5-2/h8-11,22-23H,4-7,19H2,1-3H3,(H,20,24)(H,28,29). The van der Waals surface area contributed by atoms with Gasteiger partial charge in [-0.2, -0.15) is 0 Å². The summed E-state index contributed by atoms with van der Waals surface area (Å²) < 4.78 is 9.18. The number of ether oxygens (including phenoxy) is 2. The monoisotopic (exact) mass is 509 g/mol. The Balaban J connectivity index is 5.14. The summed E-state index contributed by atoms with van der Waals surface area (Å²) in [4.78, 5) is 58.9. The largest absolute Gasteiger partial charge is 0.501 e. The molecule has 186 valence electrons. The van der Waals surface area contributed by atoms with E-state index >= 15 is 0 Å². The van der Waals surface area contributed by atoms with Gasteiger partial charge in [-0.05, 0) is 13.8 Å². The highest BCUT2D eigenvalue weighted by Crippen LogP contribution is 2.12. The van der Waals surface area contributed by atoms with Crippen LogP contribution in [0.3, 0.4) is 0 Å².